The van der Waals surface area contributed by atoms with Crippen LogP contribution in [0.4, 0.5) is 5.82 Å². The fourth-order valence-corrected chi connectivity index (χ4v) is 1.74. The van der Waals surface area contributed by atoms with E-state index in [2.05, 4.69) is 10.6 Å². The molecule has 0 saturated heterocycles. The lowest BCUT2D eigenvalue weighted by molar-refractivity contribution is -0.391. The Bertz CT molecular complexity index is 465. The lowest BCUT2D eigenvalue weighted by Crippen LogP contribution is -2.33. The fraction of sp³-hybridized carbons (Fsp3) is 0.545. The highest BCUT2D eigenvalue weighted by molar-refractivity contribution is 5.93. The van der Waals surface area contributed by atoms with Crippen molar-refractivity contribution in [2.45, 2.75) is 18.9 Å². The van der Waals surface area contributed by atoms with Crippen LogP contribution in [0.5, 0.6) is 0 Å². The summed E-state index contributed by atoms with van der Waals surface area (Å²) in [6.07, 6.45) is 2.41. The standard InChI is InChI=1S/C11H16N4O3/c1-14-9(4-5-10(14)15(17)18)11(16)13-7-6-12-8-2-3-8/h4-5,8,12H,2-3,6-7H2,1H3,(H,13,16). The van der Waals surface area contributed by atoms with Crippen molar-refractivity contribution >= 4 is 11.7 Å². The summed E-state index contributed by atoms with van der Waals surface area (Å²) in [6.45, 7) is 1.25. The summed E-state index contributed by atoms with van der Waals surface area (Å²) < 4.78 is 1.28. The number of carbonyl (C=O) groups excluding carboxylic acids is 1. The second-order valence-corrected chi connectivity index (χ2v) is 4.38. The third-order valence-electron chi connectivity index (χ3n) is 2.94. The normalized spacial score (nSPS) is 14.5. The molecule has 98 valence electrons. The zero-order valence-electron chi connectivity index (χ0n) is 10.2. The molecule has 0 spiro atoms. The molecule has 1 aliphatic carbocycles. The smallest absolute Gasteiger partial charge is 0.323 e. The fourth-order valence-electron chi connectivity index (χ4n) is 1.74. The first-order valence-corrected chi connectivity index (χ1v) is 5.91. The van der Waals surface area contributed by atoms with Gasteiger partial charge >= 0.3 is 5.82 Å². The molecule has 1 fully saturated rings. The summed E-state index contributed by atoms with van der Waals surface area (Å²) in [4.78, 5) is 21.9. The van der Waals surface area contributed by atoms with Crippen LogP contribution in [0.15, 0.2) is 12.1 Å². The summed E-state index contributed by atoms with van der Waals surface area (Å²) in [5, 5.41) is 16.6. The van der Waals surface area contributed by atoms with Crippen molar-refractivity contribution in [3.63, 3.8) is 0 Å². The predicted molar refractivity (Wildman–Crippen MR) is 65.4 cm³/mol. The average Bonchev–Trinajstić information content (AvgIpc) is 3.06. The van der Waals surface area contributed by atoms with Crippen LogP contribution in [0.1, 0.15) is 23.3 Å². The first kappa shape index (κ1) is 12.6. The molecule has 1 amide bonds. The van der Waals surface area contributed by atoms with E-state index < -0.39 is 4.92 Å². The van der Waals surface area contributed by atoms with Gasteiger partial charge in [0.25, 0.3) is 5.91 Å². The van der Waals surface area contributed by atoms with E-state index in [1.807, 2.05) is 0 Å². The van der Waals surface area contributed by atoms with E-state index >= 15 is 0 Å². The van der Waals surface area contributed by atoms with Gasteiger partial charge in [-0.3, -0.25) is 4.79 Å². The van der Waals surface area contributed by atoms with Gasteiger partial charge in [0, 0.05) is 25.2 Å². The lowest BCUT2D eigenvalue weighted by Gasteiger charge is -2.05. The topological polar surface area (TPSA) is 89.2 Å². The molecule has 7 nitrogen and oxygen atoms in total. The second kappa shape index (κ2) is 5.18. The van der Waals surface area contributed by atoms with Crippen LogP contribution in [-0.4, -0.2) is 34.5 Å². The maximum atomic E-state index is 11.8. The van der Waals surface area contributed by atoms with Gasteiger partial charge in [-0.05, 0) is 23.8 Å². The summed E-state index contributed by atoms with van der Waals surface area (Å²) in [6, 6.07) is 3.40. The highest BCUT2D eigenvalue weighted by Crippen LogP contribution is 2.18. The van der Waals surface area contributed by atoms with E-state index in [-0.39, 0.29) is 11.7 Å². The zero-order valence-corrected chi connectivity index (χ0v) is 10.2. The van der Waals surface area contributed by atoms with Crippen LogP contribution in [0, 0.1) is 10.1 Å². The first-order valence-electron chi connectivity index (χ1n) is 5.91. The van der Waals surface area contributed by atoms with Crippen LogP contribution in [0.2, 0.25) is 0 Å². The van der Waals surface area contributed by atoms with E-state index in [9.17, 15) is 14.9 Å². The first-order chi connectivity index (χ1) is 8.59. The summed E-state index contributed by atoms with van der Waals surface area (Å²) in [5.74, 6) is -0.376. The molecule has 0 radical (unpaired) electrons. The maximum absolute atomic E-state index is 11.8. The molecule has 1 aromatic heterocycles. The third-order valence-corrected chi connectivity index (χ3v) is 2.94. The summed E-state index contributed by atoms with van der Waals surface area (Å²) >= 11 is 0. The number of aromatic nitrogens is 1. The number of amides is 1. The van der Waals surface area contributed by atoms with E-state index in [0.717, 1.165) is 6.54 Å². The highest BCUT2D eigenvalue weighted by atomic mass is 16.6. The Morgan fingerprint density at radius 2 is 2.22 bits per heavy atom. The molecule has 0 aromatic carbocycles. The van der Waals surface area contributed by atoms with Gasteiger partial charge in [0.1, 0.15) is 0 Å². The van der Waals surface area contributed by atoms with Crippen molar-refractivity contribution in [3.05, 3.63) is 27.9 Å². The molecule has 18 heavy (non-hydrogen) atoms. The maximum Gasteiger partial charge on any atom is 0.323 e. The van der Waals surface area contributed by atoms with Crippen molar-refractivity contribution in [2.24, 2.45) is 7.05 Å². The SMILES string of the molecule is Cn1c(C(=O)NCCNC2CC2)ccc1[N+](=O)[O-]. The van der Waals surface area contributed by atoms with Gasteiger partial charge in [0.05, 0.1) is 7.05 Å². The number of hydrogen-bond acceptors (Lipinski definition) is 4. The van der Waals surface area contributed by atoms with E-state index in [1.54, 1.807) is 0 Å². The molecule has 0 bridgehead atoms. The van der Waals surface area contributed by atoms with Crippen LogP contribution in [0.3, 0.4) is 0 Å². The minimum atomic E-state index is -0.509. The summed E-state index contributed by atoms with van der Waals surface area (Å²) in [5.41, 5.74) is 0.299. The molecule has 0 atom stereocenters. The van der Waals surface area contributed by atoms with Crippen molar-refractivity contribution in [1.82, 2.24) is 15.2 Å². The van der Waals surface area contributed by atoms with E-state index in [4.69, 9.17) is 0 Å². The molecule has 7 heteroatoms. The number of carbonyl (C=O) groups is 1. The van der Waals surface area contributed by atoms with Crippen LogP contribution in [0.25, 0.3) is 0 Å². The molecule has 1 saturated carbocycles. The van der Waals surface area contributed by atoms with Crippen LogP contribution in [-0.2, 0) is 7.05 Å². The Morgan fingerprint density at radius 3 is 2.78 bits per heavy atom. The highest BCUT2D eigenvalue weighted by Gasteiger charge is 2.21. The molecule has 2 N–H and O–H groups in total. The van der Waals surface area contributed by atoms with Gasteiger partial charge in [0.2, 0.25) is 0 Å². The molecular weight excluding hydrogens is 236 g/mol. The molecular formula is C11H16N4O3. The van der Waals surface area contributed by atoms with Gasteiger partial charge < -0.3 is 20.7 Å². The number of hydrogen-bond donors (Lipinski definition) is 2. The minimum absolute atomic E-state index is 0.0868. The van der Waals surface area contributed by atoms with Crippen molar-refractivity contribution in [2.75, 3.05) is 13.1 Å². The Kier molecular flexibility index (Phi) is 3.61. The van der Waals surface area contributed by atoms with Crippen LogP contribution >= 0.6 is 0 Å². The van der Waals surface area contributed by atoms with Gasteiger partial charge in [-0.15, -0.1) is 0 Å². The van der Waals surface area contributed by atoms with Crippen molar-refractivity contribution in [1.29, 1.82) is 0 Å². The lowest BCUT2D eigenvalue weighted by atomic mass is 10.4. The number of nitrogens with zero attached hydrogens (tertiary/aromatic N) is 2. The van der Waals surface area contributed by atoms with E-state index in [1.165, 1.54) is 36.6 Å². The largest absolute Gasteiger partial charge is 0.358 e. The van der Waals surface area contributed by atoms with Gasteiger partial charge in [-0.1, -0.05) is 0 Å². The van der Waals surface area contributed by atoms with E-state index in [0.29, 0.717) is 18.3 Å². The molecule has 1 heterocycles. The number of nitrogens with one attached hydrogen (secondary N) is 2. The average molecular weight is 252 g/mol. The number of nitro groups is 1. The zero-order chi connectivity index (χ0) is 13.1. The molecule has 1 aliphatic rings. The minimum Gasteiger partial charge on any atom is -0.358 e. The van der Waals surface area contributed by atoms with Crippen molar-refractivity contribution in [3.8, 4) is 0 Å². The molecule has 2 rings (SSSR count). The van der Waals surface area contributed by atoms with Gasteiger partial charge in [0.15, 0.2) is 5.69 Å². The second-order valence-electron chi connectivity index (χ2n) is 4.38. The Balaban J connectivity index is 1.85. The molecule has 0 unspecified atom stereocenters. The van der Waals surface area contributed by atoms with Crippen molar-refractivity contribution < 1.29 is 9.72 Å². The van der Waals surface area contributed by atoms with Gasteiger partial charge in [-0.2, -0.15) is 0 Å². The Morgan fingerprint density at radius 1 is 1.50 bits per heavy atom. The number of rotatable bonds is 6. The van der Waals surface area contributed by atoms with Gasteiger partial charge in [-0.25, -0.2) is 4.57 Å². The molecule has 0 aliphatic heterocycles. The molecule has 1 aromatic rings. The third kappa shape index (κ3) is 2.86. The Hall–Kier alpha value is -1.89. The summed E-state index contributed by atoms with van der Waals surface area (Å²) in [7, 11) is 1.51. The Labute approximate surface area is 104 Å². The quantitative estimate of drug-likeness (QED) is 0.436. The monoisotopic (exact) mass is 252 g/mol. The van der Waals surface area contributed by atoms with Crippen LogP contribution < -0.4 is 10.6 Å². The predicted octanol–water partition coefficient (Wildman–Crippen LogP) is 0.415.